The van der Waals surface area contributed by atoms with E-state index in [0.29, 0.717) is 19.1 Å². The van der Waals surface area contributed by atoms with Gasteiger partial charge in [0.05, 0.1) is 12.1 Å². The van der Waals surface area contributed by atoms with Gasteiger partial charge < -0.3 is 14.9 Å². The number of likely N-dealkylation sites (N-methyl/N-ethyl adjacent to an activating group) is 1. The van der Waals surface area contributed by atoms with Crippen molar-refractivity contribution in [2.24, 2.45) is 0 Å². The normalized spacial score (nSPS) is 23.3. The molecule has 170 valence electrons. The second-order valence-electron chi connectivity index (χ2n) is 10.3. The van der Waals surface area contributed by atoms with Crippen molar-refractivity contribution < 1.29 is 9.90 Å². The fourth-order valence-corrected chi connectivity index (χ4v) is 4.60. The highest BCUT2D eigenvalue weighted by Crippen LogP contribution is 2.27. The van der Waals surface area contributed by atoms with Crippen molar-refractivity contribution in [1.82, 2.24) is 29.6 Å². The molecule has 4 heterocycles. The zero-order chi connectivity index (χ0) is 22.4. The molecule has 0 aromatic carbocycles. The first-order valence-electron chi connectivity index (χ1n) is 11.2. The fourth-order valence-electron chi connectivity index (χ4n) is 4.60. The van der Waals surface area contributed by atoms with E-state index >= 15 is 0 Å². The van der Waals surface area contributed by atoms with Gasteiger partial charge >= 0.3 is 0 Å². The zero-order valence-electron chi connectivity index (χ0n) is 19.4. The number of amides is 1. The molecular formula is C22H35N7O2. The number of fused-ring (bicyclic) bond motifs is 1. The number of likely N-dealkylation sites (tertiary alicyclic amines) is 1. The molecular weight excluding hydrogens is 394 g/mol. The molecule has 2 fully saturated rings. The second-order valence-corrected chi connectivity index (χ2v) is 10.3. The van der Waals surface area contributed by atoms with Gasteiger partial charge in [-0.05, 0) is 38.4 Å². The van der Waals surface area contributed by atoms with Crippen molar-refractivity contribution in [2.75, 3.05) is 44.7 Å². The minimum absolute atomic E-state index is 0.0443. The Labute approximate surface area is 184 Å². The Kier molecular flexibility index (Phi) is 5.68. The Balaban J connectivity index is 1.40. The van der Waals surface area contributed by atoms with Crippen LogP contribution in [0.1, 0.15) is 52.8 Å². The van der Waals surface area contributed by atoms with Crippen LogP contribution in [0, 0.1) is 0 Å². The van der Waals surface area contributed by atoms with E-state index < -0.39 is 5.60 Å². The Morgan fingerprint density at radius 3 is 2.68 bits per heavy atom. The average Bonchev–Trinajstić information content (AvgIpc) is 2.96. The largest absolute Gasteiger partial charge is 0.387 e. The first-order chi connectivity index (χ1) is 14.6. The van der Waals surface area contributed by atoms with Crippen LogP contribution in [0.15, 0.2) is 12.1 Å². The second kappa shape index (κ2) is 8.02. The van der Waals surface area contributed by atoms with E-state index in [2.05, 4.69) is 47.8 Å². The number of carbonyl (C=O) groups excluding carboxylic acids is 1. The molecule has 9 nitrogen and oxygen atoms in total. The number of β-amino-alcohol motifs (C(OH)–C–C–N with tert-alkyl or cyclic N) is 1. The first-order valence-corrected chi connectivity index (χ1v) is 11.2. The summed E-state index contributed by atoms with van der Waals surface area (Å²) in [6, 6.07) is 4.31. The summed E-state index contributed by atoms with van der Waals surface area (Å²) in [4.78, 5) is 18.1. The molecule has 1 amide bonds. The van der Waals surface area contributed by atoms with Crippen LogP contribution in [0.5, 0.6) is 0 Å². The maximum absolute atomic E-state index is 11.9. The molecule has 0 aliphatic carbocycles. The van der Waals surface area contributed by atoms with Crippen LogP contribution >= 0.6 is 0 Å². The Morgan fingerprint density at radius 1 is 1.26 bits per heavy atom. The van der Waals surface area contributed by atoms with Gasteiger partial charge in [-0.3, -0.25) is 9.69 Å². The van der Waals surface area contributed by atoms with Crippen LogP contribution < -0.4 is 4.90 Å². The zero-order valence-corrected chi connectivity index (χ0v) is 19.4. The van der Waals surface area contributed by atoms with Gasteiger partial charge in [0.2, 0.25) is 5.91 Å². The van der Waals surface area contributed by atoms with Crippen molar-refractivity contribution in [3.8, 4) is 0 Å². The van der Waals surface area contributed by atoms with E-state index in [1.807, 2.05) is 16.6 Å². The number of nitrogens with zero attached hydrogens (tertiary/aromatic N) is 7. The molecule has 0 spiro atoms. The van der Waals surface area contributed by atoms with Crippen molar-refractivity contribution in [3.63, 3.8) is 0 Å². The fraction of sp³-hybridized carbons (Fsp3) is 0.727. The SMILES string of the molecule is CC(=O)N1CCCCC(O)(CN(C)C2CN(c3ccc4nnc(C(C)(C)C)n4n3)C2)C1. The highest BCUT2D eigenvalue weighted by Gasteiger charge is 2.38. The third-order valence-electron chi connectivity index (χ3n) is 6.52. The lowest BCUT2D eigenvalue weighted by molar-refractivity contribution is -0.132. The highest BCUT2D eigenvalue weighted by molar-refractivity contribution is 5.73. The summed E-state index contributed by atoms with van der Waals surface area (Å²) >= 11 is 0. The minimum atomic E-state index is -0.849. The molecule has 2 saturated heterocycles. The van der Waals surface area contributed by atoms with Crippen LogP contribution in [0.4, 0.5) is 5.82 Å². The average molecular weight is 430 g/mol. The van der Waals surface area contributed by atoms with Crippen LogP contribution in [-0.2, 0) is 10.2 Å². The number of rotatable bonds is 4. The van der Waals surface area contributed by atoms with E-state index in [0.717, 1.165) is 56.2 Å². The highest BCUT2D eigenvalue weighted by atomic mass is 16.3. The number of aliphatic hydroxyl groups is 1. The summed E-state index contributed by atoms with van der Waals surface area (Å²) in [5, 5.41) is 24.6. The molecule has 9 heteroatoms. The third kappa shape index (κ3) is 4.52. The quantitative estimate of drug-likeness (QED) is 0.784. The Morgan fingerprint density at radius 2 is 2.00 bits per heavy atom. The van der Waals surface area contributed by atoms with Crippen LogP contribution in [0.25, 0.3) is 5.65 Å². The van der Waals surface area contributed by atoms with Gasteiger partial charge in [0.25, 0.3) is 0 Å². The lowest BCUT2D eigenvalue weighted by atomic mass is 9.95. The van der Waals surface area contributed by atoms with Crippen LogP contribution in [0.2, 0.25) is 0 Å². The van der Waals surface area contributed by atoms with Gasteiger partial charge in [0.1, 0.15) is 5.82 Å². The molecule has 2 aromatic rings. The van der Waals surface area contributed by atoms with E-state index in [1.54, 1.807) is 11.8 Å². The van der Waals surface area contributed by atoms with Crippen molar-refractivity contribution in [1.29, 1.82) is 0 Å². The number of hydrogen-bond donors (Lipinski definition) is 1. The summed E-state index contributed by atoms with van der Waals surface area (Å²) in [6.45, 7) is 11.4. The smallest absolute Gasteiger partial charge is 0.219 e. The van der Waals surface area contributed by atoms with Gasteiger partial charge in [0, 0.05) is 44.6 Å². The summed E-state index contributed by atoms with van der Waals surface area (Å²) < 4.78 is 1.84. The molecule has 0 saturated carbocycles. The van der Waals surface area contributed by atoms with Crippen LogP contribution in [0.3, 0.4) is 0 Å². The number of aromatic nitrogens is 4. The maximum Gasteiger partial charge on any atom is 0.219 e. The number of hydrogen-bond acceptors (Lipinski definition) is 7. The number of anilines is 1. The molecule has 1 unspecified atom stereocenters. The van der Waals surface area contributed by atoms with Crippen molar-refractivity contribution in [2.45, 2.75) is 64.0 Å². The molecule has 2 aromatic heterocycles. The van der Waals surface area contributed by atoms with Crippen molar-refractivity contribution in [3.05, 3.63) is 18.0 Å². The van der Waals surface area contributed by atoms with E-state index in [1.165, 1.54) is 0 Å². The van der Waals surface area contributed by atoms with E-state index in [-0.39, 0.29) is 11.3 Å². The van der Waals surface area contributed by atoms with E-state index in [4.69, 9.17) is 5.10 Å². The summed E-state index contributed by atoms with van der Waals surface area (Å²) in [5.41, 5.74) is -0.225. The first kappa shape index (κ1) is 22.0. The monoisotopic (exact) mass is 429 g/mol. The molecule has 2 aliphatic rings. The van der Waals surface area contributed by atoms with Gasteiger partial charge in [-0.2, -0.15) is 4.52 Å². The summed E-state index contributed by atoms with van der Waals surface area (Å²) in [5.74, 6) is 1.81. The topological polar surface area (TPSA) is 90.1 Å². The van der Waals surface area contributed by atoms with Gasteiger partial charge in [-0.15, -0.1) is 15.3 Å². The Hall–Kier alpha value is -2.26. The summed E-state index contributed by atoms with van der Waals surface area (Å²) in [7, 11) is 2.07. The van der Waals surface area contributed by atoms with E-state index in [9.17, 15) is 9.90 Å². The van der Waals surface area contributed by atoms with Crippen molar-refractivity contribution >= 4 is 17.4 Å². The molecule has 0 radical (unpaired) electrons. The number of carbonyl (C=O) groups is 1. The molecule has 1 atom stereocenters. The summed E-state index contributed by atoms with van der Waals surface area (Å²) in [6.07, 6.45) is 2.64. The molecule has 4 rings (SSSR count). The predicted molar refractivity (Wildman–Crippen MR) is 119 cm³/mol. The lowest BCUT2D eigenvalue weighted by Crippen LogP contribution is -2.62. The molecule has 2 aliphatic heterocycles. The molecule has 0 bridgehead atoms. The lowest BCUT2D eigenvalue weighted by Gasteiger charge is -2.47. The third-order valence-corrected chi connectivity index (χ3v) is 6.52. The molecule has 31 heavy (non-hydrogen) atoms. The van der Waals surface area contributed by atoms with Crippen LogP contribution in [-0.4, -0.2) is 92.0 Å². The van der Waals surface area contributed by atoms with Gasteiger partial charge in [-0.25, -0.2) is 0 Å². The molecule has 1 N–H and O–H groups in total. The standard InChI is InChI=1S/C22H35N7O2/c1-16(30)27-11-7-6-10-22(31,15-27)14-26(5)17-12-28(13-17)19-9-8-18-23-24-20(21(2,3)4)29(18)25-19/h8-9,17,31H,6-7,10-15H2,1-5H3. The maximum atomic E-state index is 11.9. The predicted octanol–water partition coefficient (Wildman–Crippen LogP) is 1.31. The Bertz CT molecular complexity index is 947. The van der Waals surface area contributed by atoms with Gasteiger partial charge in [0.15, 0.2) is 11.5 Å². The minimum Gasteiger partial charge on any atom is -0.387 e. The van der Waals surface area contributed by atoms with Gasteiger partial charge in [-0.1, -0.05) is 20.8 Å².